The molecule has 0 fully saturated rings. The summed E-state index contributed by atoms with van der Waals surface area (Å²) in [6, 6.07) is 11.7. The number of aryl methyl sites for hydroxylation is 2. The van der Waals surface area contributed by atoms with Crippen molar-refractivity contribution in [3.05, 3.63) is 86.0 Å². The van der Waals surface area contributed by atoms with E-state index in [0.29, 0.717) is 11.1 Å². The van der Waals surface area contributed by atoms with E-state index in [1.54, 1.807) is 50.1 Å². The van der Waals surface area contributed by atoms with E-state index in [1.807, 2.05) is 0 Å². The zero-order chi connectivity index (χ0) is 22.9. The third kappa shape index (κ3) is 3.98. The summed E-state index contributed by atoms with van der Waals surface area (Å²) in [5.41, 5.74) is 20.0. The molecule has 3 aliphatic rings. The zero-order valence-corrected chi connectivity index (χ0v) is 24.2. The molecule has 0 nitrogen and oxygen atoms in total. The Kier molecular flexibility index (Phi) is 8.01. The fraction of sp³-hybridized carbons (Fsp3) is 0.419. The SMILES string of the molecule is CC1=Cc2c(cc3c(c2-c2ccccc2C)CCC3)C1[Si](C)(C)C1C(C)=C(C)C(C)=C1C.[H-].[H-].[Li+].[Li+]. The first-order chi connectivity index (χ1) is 15.1. The van der Waals surface area contributed by atoms with Crippen LogP contribution in [0, 0.1) is 6.92 Å². The third-order valence-electron chi connectivity index (χ3n) is 9.12. The van der Waals surface area contributed by atoms with Gasteiger partial charge in [-0.1, -0.05) is 66.2 Å². The average Bonchev–Trinajstić information content (AvgIpc) is 3.39. The van der Waals surface area contributed by atoms with Crippen LogP contribution in [0.1, 0.15) is 77.3 Å². The Bertz CT molecular complexity index is 1230. The van der Waals surface area contributed by atoms with Gasteiger partial charge >= 0.3 is 37.7 Å². The van der Waals surface area contributed by atoms with Crippen molar-refractivity contribution < 1.29 is 40.6 Å². The topological polar surface area (TPSA) is 0 Å². The van der Waals surface area contributed by atoms with Gasteiger partial charge in [0, 0.05) is 5.54 Å². The molecule has 1 atom stereocenters. The van der Waals surface area contributed by atoms with Crippen LogP contribution in [0.25, 0.3) is 17.2 Å². The van der Waals surface area contributed by atoms with Crippen LogP contribution in [0.5, 0.6) is 0 Å². The normalized spacial score (nSPS) is 19.6. The Balaban J connectivity index is 0.00000162. The minimum atomic E-state index is -1.72. The molecule has 0 aromatic heterocycles. The number of hydrogen-bond donors (Lipinski definition) is 0. The quantitative estimate of drug-likeness (QED) is 0.625. The van der Waals surface area contributed by atoms with Gasteiger partial charge < -0.3 is 2.85 Å². The second-order valence-corrected chi connectivity index (χ2v) is 16.0. The van der Waals surface area contributed by atoms with Crippen molar-refractivity contribution >= 4 is 14.1 Å². The van der Waals surface area contributed by atoms with Crippen LogP contribution in [-0.4, -0.2) is 8.07 Å². The van der Waals surface area contributed by atoms with Crippen molar-refractivity contribution in [3.63, 3.8) is 0 Å². The molecule has 2 aromatic rings. The molecule has 0 heterocycles. The number of hydrogen-bond acceptors (Lipinski definition) is 0. The van der Waals surface area contributed by atoms with Crippen molar-refractivity contribution in [2.45, 2.75) is 85.0 Å². The van der Waals surface area contributed by atoms with Gasteiger partial charge in [0.15, 0.2) is 0 Å². The van der Waals surface area contributed by atoms with Crippen LogP contribution in [0.3, 0.4) is 0 Å². The van der Waals surface area contributed by atoms with E-state index in [9.17, 15) is 0 Å². The smallest absolute Gasteiger partial charge is 1.00 e. The maximum atomic E-state index is 2.66. The van der Waals surface area contributed by atoms with E-state index >= 15 is 0 Å². The first-order valence-corrected chi connectivity index (χ1v) is 15.6. The predicted octanol–water partition coefficient (Wildman–Crippen LogP) is 3.19. The van der Waals surface area contributed by atoms with Gasteiger partial charge in [-0.15, -0.1) is 0 Å². The molecule has 0 saturated heterocycles. The summed E-state index contributed by atoms with van der Waals surface area (Å²) in [6.07, 6.45) is 6.35. The van der Waals surface area contributed by atoms with Gasteiger partial charge in [0.2, 0.25) is 0 Å². The average molecular weight is 455 g/mol. The van der Waals surface area contributed by atoms with Crippen molar-refractivity contribution in [2.24, 2.45) is 0 Å². The van der Waals surface area contributed by atoms with Crippen molar-refractivity contribution in [2.75, 3.05) is 0 Å². The first-order valence-electron chi connectivity index (χ1n) is 12.4. The summed E-state index contributed by atoms with van der Waals surface area (Å²) in [5.74, 6) is 0. The Morgan fingerprint density at radius 3 is 2.06 bits per heavy atom. The summed E-state index contributed by atoms with van der Waals surface area (Å²) >= 11 is 0. The van der Waals surface area contributed by atoms with Crippen molar-refractivity contribution in [3.8, 4) is 11.1 Å². The molecule has 0 spiro atoms. The van der Waals surface area contributed by atoms with Crippen LogP contribution in [0.4, 0.5) is 0 Å². The van der Waals surface area contributed by atoms with E-state index in [0.717, 1.165) is 0 Å². The van der Waals surface area contributed by atoms with Crippen LogP contribution < -0.4 is 37.7 Å². The Morgan fingerprint density at radius 1 is 0.824 bits per heavy atom. The monoisotopic (exact) mass is 454 g/mol. The largest absolute Gasteiger partial charge is 1.00 e. The van der Waals surface area contributed by atoms with Gasteiger partial charge in [-0.2, -0.15) is 0 Å². The standard InChI is InChI=1S/C31H38Si.2Li.2H/c1-18-12-9-10-14-25(18)29-26-15-11-13-24(26)17-28-27(29)16-19(2)30(28)32(7,8)31-22(5)20(3)21(4)23(31)6;;;;/h9-10,12,14,16-17,30-31H,11,13,15H2,1-8H3;;;;/q;2*+1;2*-1. The molecule has 0 radical (unpaired) electrons. The van der Waals surface area contributed by atoms with Crippen LogP contribution in [0.15, 0.2) is 58.2 Å². The maximum absolute atomic E-state index is 2.66. The van der Waals surface area contributed by atoms with Crippen molar-refractivity contribution in [1.82, 2.24) is 0 Å². The van der Waals surface area contributed by atoms with Gasteiger partial charge in [0.1, 0.15) is 0 Å². The van der Waals surface area contributed by atoms with E-state index in [1.165, 1.54) is 36.0 Å². The molecule has 5 rings (SSSR count). The summed E-state index contributed by atoms with van der Waals surface area (Å²) in [5, 5.41) is 0. The third-order valence-corrected chi connectivity index (χ3v) is 13.7. The van der Waals surface area contributed by atoms with E-state index in [4.69, 9.17) is 0 Å². The molecular weight excluding hydrogens is 414 g/mol. The molecule has 1 unspecified atom stereocenters. The molecule has 0 bridgehead atoms. The Labute approximate surface area is 235 Å². The van der Waals surface area contributed by atoms with E-state index in [2.05, 4.69) is 91.0 Å². The molecule has 170 valence electrons. The molecule has 3 heteroatoms. The molecule has 34 heavy (non-hydrogen) atoms. The summed E-state index contributed by atoms with van der Waals surface area (Å²) in [7, 11) is -1.72. The van der Waals surface area contributed by atoms with Crippen LogP contribution in [-0.2, 0) is 12.8 Å². The summed E-state index contributed by atoms with van der Waals surface area (Å²) < 4.78 is 0. The number of rotatable bonds is 3. The Hall–Kier alpha value is -0.928. The minimum Gasteiger partial charge on any atom is -1.00 e. The van der Waals surface area contributed by atoms with E-state index < -0.39 is 8.07 Å². The van der Waals surface area contributed by atoms with Gasteiger partial charge in [0.25, 0.3) is 0 Å². The van der Waals surface area contributed by atoms with Gasteiger partial charge in [0.05, 0.1) is 8.07 Å². The first kappa shape index (κ1) is 27.7. The van der Waals surface area contributed by atoms with Crippen molar-refractivity contribution in [1.29, 1.82) is 0 Å². The molecular formula is C31H40Li2Si. The number of fused-ring (bicyclic) bond motifs is 2. The molecule has 0 N–H and O–H groups in total. The zero-order valence-electron chi connectivity index (χ0n) is 25.2. The molecule has 0 amide bonds. The molecule has 0 aliphatic heterocycles. The van der Waals surface area contributed by atoms with Gasteiger partial charge in [-0.05, 0) is 116 Å². The maximum Gasteiger partial charge on any atom is 1.00 e. The second-order valence-electron chi connectivity index (χ2n) is 11.3. The minimum absolute atomic E-state index is 0. The van der Waals surface area contributed by atoms with E-state index in [-0.39, 0.29) is 40.6 Å². The van der Waals surface area contributed by atoms with Crippen LogP contribution >= 0.6 is 0 Å². The summed E-state index contributed by atoms with van der Waals surface area (Å²) in [6.45, 7) is 19.5. The van der Waals surface area contributed by atoms with Gasteiger partial charge in [-0.25, -0.2) is 0 Å². The number of benzene rings is 2. The second kappa shape index (κ2) is 9.85. The fourth-order valence-corrected chi connectivity index (χ4v) is 12.8. The fourth-order valence-electron chi connectivity index (χ4n) is 7.52. The van der Waals surface area contributed by atoms with Crippen LogP contribution in [0.2, 0.25) is 18.6 Å². The Morgan fingerprint density at radius 2 is 1.44 bits per heavy atom. The predicted molar refractivity (Wildman–Crippen MR) is 145 cm³/mol. The number of allylic oxidation sites excluding steroid dienone is 5. The summed E-state index contributed by atoms with van der Waals surface area (Å²) in [4.78, 5) is 0. The van der Waals surface area contributed by atoms with Gasteiger partial charge in [-0.3, -0.25) is 0 Å². The molecule has 2 aromatic carbocycles. The molecule has 0 saturated carbocycles. The molecule has 3 aliphatic carbocycles.